The van der Waals surface area contributed by atoms with Crippen LogP contribution in [0.25, 0.3) is 0 Å². The van der Waals surface area contributed by atoms with Crippen molar-refractivity contribution >= 4 is 11.9 Å². The molecule has 0 spiro atoms. The summed E-state index contributed by atoms with van der Waals surface area (Å²) in [7, 11) is 0. The number of carboxylic acid groups (broad SMARTS) is 1. The molecule has 1 amide bonds. The van der Waals surface area contributed by atoms with Gasteiger partial charge in [0.25, 0.3) is 0 Å². The average molecular weight is 191 g/mol. The summed E-state index contributed by atoms with van der Waals surface area (Å²) in [5.74, 6) is -0.230. The van der Waals surface area contributed by atoms with Gasteiger partial charge in [-0.05, 0) is 6.92 Å². The number of hydrogen-bond acceptors (Lipinski definition) is 4. The highest BCUT2D eigenvalue weighted by atomic mass is 16.6. The summed E-state index contributed by atoms with van der Waals surface area (Å²) in [5, 5.41) is 16.8. The zero-order chi connectivity index (χ0) is 10.3. The van der Waals surface area contributed by atoms with E-state index in [0.29, 0.717) is 0 Å². The van der Waals surface area contributed by atoms with Crippen molar-refractivity contribution in [2.24, 2.45) is 0 Å². The molecule has 0 rings (SSSR count). The van der Waals surface area contributed by atoms with Crippen LogP contribution in [0, 0.1) is 0 Å². The lowest BCUT2D eigenvalue weighted by atomic mass is 10.4. The Morgan fingerprint density at radius 1 is 1.46 bits per heavy atom. The topological polar surface area (TPSA) is 87.1 Å². The normalized spacial score (nSPS) is 9.69. The number of rotatable bonds is 6. The van der Waals surface area contributed by atoms with E-state index in [0.717, 1.165) is 4.90 Å². The van der Waals surface area contributed by atoms with Gasteiger partial charge in [0.1, 0.15) is 12.6 Å². The molecule has 0 aliphatic rings. The molecule has 0 bridgehead atoms. The number of carbonyl (C=O) groups excluding carboxylic acids is 1. The van der Waals surface area contributed by atoms with Crippen LogP contribution in [0.4, 0.5) is 4.79 Å². The maximum atomic E-state index is 10.6. The Bertz CT molecular complexity index is 182. The van der Waals surface area contributed by atoms with Gasteiger partial charge in [-0.2, -0.15) is 0 Å². The van der Waals surface area contributed by atoms with E-state index in [1.807, 2.05) is 0 Å². The predicted octanol–water partition coefficient (Wildman–Crippen LogP) is -0.478. The molecule has 6 nitrogen and oxygen atoms in total. The average Bonchev–Trinajstić information content (AvgIpc) is 2.02. The molecule has 0 heterocycles. The zero-order valence-corrected chi connectivity index (χ0v) is 7.39. The summed E-state index contributed by atoms with van der Waals surface area (Å²) >= 11 is 0. The monoisotopic (exact) mass is 191 g/mol. The fourth-order valence-corrected chi connectivity index (χ4v) is 0.750. The third-order valence-corrected chi connectivity index (χ3v) is 1.28. The molecule has 0 aromatic carbocycles. The predicted molar refractivity (Wildman–Crippen MR) is 43.3 cm³/mol. The van der Waals surface area contributed by atoms with E-state index in [4.69, 9.17) is 10.2 Å². The SMILES string of the molecule is CC(=O)CN(CCOCO)C(=O)O. The minimum Gasteiger partial charge on any atom is -0.465 e. The van der Waals surface area contributed by atoms with Crippen LogP contribution in [-0.4, -0.2) is 53.5 Å². The number of nitrogens with zero attached hydrogens (tertiary/aromatic N) is 1. The van der Waals surface area contributed by atoms with E-state index >= 15 is 0 Å². The first-order valence-electron chi connectivity index (χ1n) is 3.74. The van der Waals surface area contributed by atoms with Crippen LogP contribution in [0.2, 0.25) is 0 Å². The lowest BCUT2D eigenvalue weighted by Gasteiger charge is -2.16. The zero-order valence-electron chi connectivity index (χ0n) is 7.39. The minimum atomic E-state index is -1.17. The highest BCUT2D eigenvalue weighted by Crippen LogP contribution is 1.90. The number of ether oxygens (including phenoxy) is 1. The molecule has 0 unspecified atom stereocenters. The van der Waals surface area contributed by atoms with E-state index in [1.54, 1.807) is 0 Å². The Hall–Kier alpha value is -1.14. The van der Waals surface area contributed by atoms with Crippen LogP contribution in [0.3, 0.4) is 0 Å². The molecule has 0 saturated heterocycles. The van der Waals surface area contributed by atoms with E-state index in [-0.39, 0.29) is 25.5 Å². The molecule has 6 heteroatoms. The van der Waals surface area contributed by atoms with Crippen molar-refractivity contribution < 1.29 is 24.5 Å². The molecule has 0 aliphatic heterocycles. The second kappa shape index (κ2) is 6.38. The number of Topliss-reactive ketones (excluding diaryl/α,β-unsaturated/α-hetero) is 1. The molecule has 76 valence electrons. The number of aliphatic hydroxyl groups excluding tert-OH is 1. The lowest BCUT2D eigenvalue weighted by molar-refractivity contribution is -0.118. The first-order chi connectivity index (χ1) is 6.07. The van der Waals surface area contributed by atoms with Gasteiger partial charge in [-0.15, -0.1) is 0 Å². The van der Waals surface area contributed by atoms with E-state index in [2.05, 4.69) is 4.74 Å². The Kier molecular flexibility index (Phi) is 5.82. The van der Waals surface area contributed by atoms with Gasteiger partial charge >= 0.3 is 6.09 Å². The maximum absolute atomic E-state index is 10.6. The van der Waals surface area contributed by atoms with Gasteiger partial charge in [0.05, 0.1) is 13.2 Å². The van der Waals surface area contributed by atoms with Crippen LogP contribution in [0.1, 0.15) is 6.92 Å². The second-order valence-electron chi connectivity index (χ2n) is 2.44. The molecule has 2 N–H and O–H groups in total. The minimum absolute atomic E-state index is 0.0788. The first-order valence-corrected chi connectivity index (χ1v) is 3.74. The Morgan fingerprint density at radius 2 is 2.08 bits per heavy atom. The molecule has 0 fully saturated rings. The summed E-state index contributed by atoms with van der Waals surface area (Å²) in [6.45, 7) is 0.867. The van der Waals surface area contributed by atoms with Gasteiger partial charge in [-0.1, -0.05) is 0 Å². The van der Waals surface area contributed by atoms with Crippen molar-refractivity contribution in [3.05, 3.63) is 0 Å². The van der Waals surface area contributed by atoms with E-state index in [9.17, 15) is 9.59 Å². The van der Waals surface area contributed by atoms with Crippen molar-refractivity contribution in [3.63, 3.8) is 0 Å². The van der Waals surface area contributed by atoms with E-state index < -0.39 is 12.9 Å². The third kappa shape index (κ3) is 6.06. The molecule has 0 atom stereocenters. The largest absolute Gasteiger partial charge is 0.465 e. The van der Waals surface area contributed by atoms with Crippen molar-refractivity contribution in [1.82, 2.24) is 4.90 Å². The number of hydrogen-bond donors (Lipinski definition) is 2. The molecule has 0 aliphatic carbocycles. The fraction of sp³-hybridized carbons (Fsp3) is 0.714. The standard InChI is InChI=1S/C7H13NO5/c1-6(10)4-8(7(11)12)2-3-13-5-9/h9H,2-5H2,1H3,(H,11,12). The molecular formula is C7H13NO5. The van der Waals surface area contributed by atoms with Gasteiger partial charge in [-0.3, -0.25) is 9.69 Å². The van der Waals surface area contributed by atoms with Gasteiger partial charge in [0.15, 0.2) is 0 Å². The number of aliphatic hydroxyl groups is 1. The Morgan fingerprint density at radius 3 is 2.46 bits per heavy atom. The third-order valence-electron chi connectivity index (χ3n) is 1.28. The summed E-state index contributed by atoms with van der Waals surface area (Å²) < 4.78 is 4.53. The Balaban J connectivity index is 3.81. The highest BCUT2D eigenvalue weighted by molar-refractivity contribution is 5.81. The van der Waals surface area contributed by atoms with Gasteiger partial charge in [0, 0.05) is 6.54 Å². The van der Waals surface area contributed by atoms with Crippen molar-refractivity contribution in [3.8, 4) is 0 Å². The van der Waals surface area contributed by atoms with Crippen molar-refractivity contribution in [2.75, 3.05) is 26.5 Å². The van der Waals surface area contributed by atoms with Crippen LogP contribution >= 0.6 is 0 Å². The summed E-state index contributed by atoms with van der Waals surface area (Å²) in [4.78, 5) is 22.0. The molecule has 0 saturated carbocycles. The quantitative estimate of drug-likeness (QED) is 0.437. The fourth-order valence-electron chi connectivity index (χ4n) is 0.750. The van der Waals surface area contributed by atoms with Gasteiger partial charge in [-0.25, -0.2) is 4.79 Å². The van der Waals surface area contributed by atoms with Gasteiger partial charge in [0.2, 0.25) is 0 Å². The molecule has 13 heavy (non-hydrogen) atoms. The number of amides is 1. The van der Waals surface area contributed by atoms with Crippen LogP contribution in [0.15, 0.2) is 0 Å². The maximum Gasteiger partial charge on any atom is 0.407 e. The molecule has 0 aromatic rings. The van der Waals surface area contributed by atoms with Crippen molar-refractivity contribution in [1.29, 1.82) is 0 Å². The summed E-state index contributed by atoms with van der Waals surface area (Å²) in [6.07, 6.45) is -1.17. The molecule has 0 aromatic heterocycles. The smallest absolute Gasteiger partial charge is 0.407 e. The molecular weight excluding hydrogens is 178 g/mol. The highest BCUT2D eigenvalue weighted by Gasteiger charge is 2.12. The lowest BCUT2D eigenvalue weighted by Crippen LogP contribution is -2.36. The Labute approximate surface area is 75.7 Å². The number of ketones is 1. The summed E-state index contributed by atoms with van der Waals surface area (Å²) in [5.41, 5.74) is 0. The second-order valence-corrected chi connectivity index (χ2v) is 2.44. The first kappa shape index (κ1) is 11.9. The van der Waals surface area contributed by atoms with Crippen LogP contribution < -0.4 is 0 Å². The van der Waals surface area contributed by atoms with Gasteiger partial charge < -0.3 is 14.9 Å². The number of carbonyl (C=O) groups is 2. The summed E-state index contributed by atoms with van der Waals surface area (Å²) in [6, 6.07) is 0. The van der Waals surface area contributed by atoms with Crippen molar-refractivity contribution in [2.45, 2.75) is 6.92 Å². The van der Waals surface area contributed by atoms with E-state index in [1.165, 1.54) is 6.92 Å². The van der Waals surface area contributed by atoms with Crippen LogP contribution in [-0.2, 0) is 9.53 Å². The van der Waals surface area contributed by atoms with Crippen LogP contribution in [0.5, 0.6) is 0 Å². The molecule has 0 radical (unpaired) electrons.